The fourth-order valence-corrected chi connectivity index (χ4v) is 4.27. The number of hydrogen-bond acceptors (Lipinski definition) is 4. The van der Waals surface area contributed by atoms with Gasteiger partial charge in [0.15, 0.2) is 5.65 Å². The van der Waals surface area contributed by atoms with Crippen molar-refractivity contribution in [2.24, 2.45) is 18.9 Å². The van der Waals surface area contributed by atoms with Gasteiger partial charge in [0.25, 0.3) is 5.56 Å². The number of aromatic nitrogens is 5. The van der Waals surface area contributed by atoms with E-state index in [1.165, 1.54) is 11.6 Å². The minimum atomic E-state index is -0.347. The van der Waals surface area contributed by atoms with Gasteiger partial charge in [0.05, 0.1) is 12.2 Å². The molecular formula is C28H33N5O2. The van der Waals surface area contributed by atoms with E-state index >= 15 is 0 Å². The number of nitrogens with zero attached hydrogens (tertiary/aromatic N) is 5. The van der Waals surface area contributed by atoms with Gasteiger partial charge in [-0.05, 0) is 41.5 Å². The maximum absolute atomic E-state index is 13.4. The molecule has 4 rings (SSSR count). The van der Waals surface area contributed by atoms with Gasteiger partial charge in [0, 0.05) is 31.5 Å². The molecule has 4 aromatic rings. The number of fused-ring (bicyclic) bond motifs is 1. The zero-order valence-electron chi connectivity index (χ0n) is 21.1. The molecule has 0 amide bonds. The third-order valence-corrected chi connectivity index (χ3v) is 6.03. The number of allylic oxidation sites excluding steroid dienone is 2. The largest absolute Gasteiger partial charge is 0.332 e. The monoisotopic (exact) mass is 471 g/mol. The Morgan fingerprint density at radius 1 is 0.971 bits per heavy atom. The summed E-state index contributed by atoms with van der Waals surface area (Å²) in [7, 11) is 1.53. The Morgan fingerprint density at radius 3 is 2.29 bits per heavy atom. The molecule has 182 valence electrons. The van der Waals surface area contributed by atoms with E-state index in [2.05, 4.69) is 37.0 Å². The minimum absolute atomic E-state index is 0.216. The third kappa shape index (κ3) is 5.04. The van der Waals surface area contributed by atoms with Gasteiger partial charge in [0.2, 0.25) is 0 Å². The van der Waals surface area contributed by atoms with Crippen molar-refractivity contribution in [2.75, 3.05) is 0 Å². The highest BCUT2D eigenvalue weighted by atomic mass is 16.2. The molecule has 3 aromatic heterocycles. The summed E-state index contributed by atoms with van der Waals surface area (Å²) in [5.74, 6) is 0.724. The van der Waals surface area contributed by atoms with Gasteiger partial charge in [-0.15, -0.1) is 0 Å². The van der Waals surface area contributed by atoms with Crippen LogP contribution in [-0.2, 0) is 20.1 Å². The Bertz CT molecular complexity index is 1460. The van der Waals surface area contributed by atoms with Gasteiger partial charge in [-0.1, -0.05) is 64.1 Å². The summed E-state index contributed by atoms with van der Waals surface area (Å²) in [6.07, 6.45) is 6.59. The fourth-order valence-electron chi connectivity index (χ4n) is 4.27. The van der Waals surface area contributed by atoms with E-state index in [0.29, 0.717) is 35.7 Å². The van der Waals surface area contributed by atoms with Gasteiger partial charge in [-0.2, -0.15) is 5.10 Å². The van der Waals surface area contributed by atoms with E-state index in [4.69, 9.17) is 5.10 Å². The van der Waals surface area contributed by atoms with E-state index in [0.717, 1.165) is 23.1 Å². The number of pyridine rings is 1. The highest BCUT2D eigenvalue weighted by Crippen LogP contribution is 2.29. The van der Waals surface area contributed by atoms with Crippen LogP contribution in [0.15, 0.2) is 70.5 Å². The first kappa shape index (κ1) is 24.4. The molecule has 0 saturated carbocycles. The smallest absolute Gasteiger partial charge is 0.276 e. The molecule has 0 atom stereocenters. The molecule has 0 fully saturated rings. The number of hydrogen-bond donors (Lipinski definition) is 0. The first-order valence-electron chi connectivity index (χ1n) is 12.1. The average Bonchev–Trinajstić information content (AvgIpc) is 3.23. The lowest BCUT2D eigenvalue weighted by Gasteiger charge is -2.13. The zero-order valence-corrected chi connectivity index (χ0v) is 21.1. The lowest BCUT2D eigenvalue weighted by molar-refractivity contribution is 0.498. The zero-order chi connectivity index (χ0) is 25.1. The molecule has 0 aliphatic heterocycles. The Labute approximate surface area is 205 Å². The van der Waals surface area contributed by atoms with Crippen LogP contribution in [0.4, 0.5) is 0 Å². The standard InChI is InChI=1S/C28H33N5O2/c1-19(2)11-12-23(21-9-7-6-8-10-21)18-33-25(22-13-15-29-16-14-22)24-26(30-33)32(17-20(3)4)28(35)31(5)27(24)34/h6-10,12-16,19-20H,11,17-18H2,1-5H3. The van der Waals surface area contributed by atoms with Crippen molar-refractivity contribution >= 4 is 16.6 Å². The summed E-state index contributed by atoms with van der Waals surface area (Å²) >= 11 is 0. The summed E-state index contributed by atoms with van der Waals surface area (Å²) in [5.41, 5.74) is 3.52. The van der Waals surface area contributed by atoms with Gasteiger partial charge in [0.1, 0.15) is 5.39 Å². The molecule has 7 heteroatoms. The predicted molar refractivity (Wildman–Crippen MR) is 141 cm³/mol. The maximum Gasteiger partial charge on any atom is 0.332 e. The summed E-state index contributed by atoms with van der Waals surface area (Å²) in [6, 6.07) is 14.0. The van der Waals surface area contributed by atoms with Crippen LogP contribution in [0.5, 0.6) is 0 Å². The maximum atomic E-state index is 13.4. The van der Waals surface area contributed by atoms with Crippen molar-refractivity contribution in [1.29, 1.82) is 0 Å². The first-order chi connectivity index (χ1) is 16.8. The van der Waals surface area contributed by atoms with E-state index in [1.807, 2.05) is 48.9 Å². The van der Waals surface area contributed by atoms with Crippen molar-refractivity contribution in [3.05, 3.63) is 87.3 Å². The molecule has 0 saturated heterocycles. The van der Waals surface area contributed by atoms with Gasteiger partial charge in [-0.25, -0.2) is 4.79 Å². The van der Waals surface area contributed by atoms with Crippen LogP contribution in [0.1, 0.15) is 39.7 Å². The van der Waals surface area contributed by atoms with E-state index < -0.39 is 0 Å². The van der Waals surface area contributed by atoms with Crippen LogP contribution >= 0.6 is 0 Å². The highest BCUT2D eigenvalue weighted by Gasteiger charge is 2.23. The molecule has 0 aliphatic rings. The fraction of sp³-hybridized carbons (Fsp3) is 0.357. The van der Waals surface area contributed by atoms with Gasteiger partial charge >= 0.3 is 5.69 Å². The quantitative estimate of drug-likeness (QED) is 0.372. The van der Waals surface area contributed by atoms with Gasteiger partial charge < -0.3 is 0 Å². The van der Waals surface area contributed by atoms with Crippen molar-refractivity contribution in [3.8, 4) is 11.3 Å². The van der Waals surface area contributed by atoms with Crippen LogP contribution in [0.3, 0.4) is 0 Å². The Morgan fingerprint density at radius 2 is 1.66 bits per heavy atom. The molecule has 7 nitrogen and oxygen atoms in total. The van der Waals surface area contributed by atoms with Crippen LogP contribution in [-0.4, -0.2) is 23.9 Å². The lowest BCUT2D eigenvalue weighted by atomic mass is 10.0. The van der Waals surface area contributed by atoms with Crippen LogP contribution in [0.25, 0.3) is 27.9 Å². The number of rotatable bonds is 8. The second-order valence-electron chi connectivity index (χ2n) is 9.82. The predicted octanol–water partition coefficient (Wildman–Crippen LogP) is 4.74. The van der Waals surface area contributed by atoms with E-state index in [9.17, 15) is 9.59 Å². The molecule has 0 spiro atoms. The summed E-state index contributed by atoms with van der Waals surface area (Å²) in [4.78, 5) is 30.7. The normalized spacial score (nSPS) is 12.3. The molecule has 0 radical (unpaired) electrons. The third-order valence-electron chi connectivity index (χ3n) is 6.03. The van der Waals surface area contributed by atoms with E-state index in [-0.39, 0.29) is 17.2 Å². The summed E-state index contributed by atoms with van der Waals surface area (Å²) in [5, 5.41) is 5.36. The Hall–Kier alpha value is -3.74. The second-order valence-corrected chi connectivity index (χ2v) is 9.82. The summed E-state index contributed by atoms with van der Waals surface area (Å²) < 4.78 is 4.69. The molecule has 0 unspecified atom stereocenters. The molecular weight excluding hydrogens is 438 g/mol. The molecule has 0 aliphatic carbocycles. The average molecular weight is 472 g/mol. The van der Waals surface area contributed by atoms with Crippen LogP contribution in [0.2, 0.25) is 0 Å². The Balaban J connectivity index is 2.01. The van der Waals surface area contributed by atoms with Crippen molar-refractivity contribution in [3.63, 3.8) is 0 Å². The minimum Gasteiger partial charge on any atom is -0.276 e. The SMILES string of the molecule is CC(C)CC=C(Cn1nc2c(c1-c1ccncc1)c(=O)n(C)c(=O)n2CC(C)C)c1ccccc1. The molecule has 35 heavy (non-hydrogen) atoms. The molecule has 0 N–H and O–H groups in total. The van der Waals surface area contributed by atoms with Crippen LogP contribution < -0.4 is 11.2 Å². The topological polar surface area (TPSA) is 74.7 Å². The van der Waals surface area contributed by atoms with Gasteiger partial charge in [-0.3, -0.25) is 23.6 Å². The first-order valence-corrected chi connectivity index (χ1v) is 12.1. The van der Waals surface area contributed by atoms with Crippen molar-refractivity contribution < 1.29 is 0 Å². The second kappa shape index (κ2) is 10.3. The molecule has 0 bridgehead atoms. The van der Waals surface area contributed by atoms with Crippen molar-refractivity contribution in [2.45, 2.75) is 47.2 Å². The number of benzene rings is 1. The van der Waals surface area contributed by atoms with Crippen molar-refractivity contribution in [1.82, 2.24) is 23.9 Å². The lowest BCUT2D eigenvalue weighted by Crippen LogP contribution is -2.38. The molecule has 3 heterocycles. The highest BCUT2D eigenvalue weighted by molar-refractivity contribution is 5.91. The molecule has 1 aromatic carbocycles. The summed E-state index contributed by atoms with van der Waals surface area (Å²) in [6.45, 7) is 9.43. The van der Waals surface area contributed by atoms with E-state index in [1.54, 1.807) is 17.0 Å². The van der Waals surface area contributed by atoms with Crippen LogP contribution in [0, 0.1) is 11.8 Å². The Kier molecular flexibility index (Phi) is 7.15.